The summed E-state index contributed by atoms with van der Waals surface area (Å²) in [6, 6.07) is 9.25. The molecule has 2 atom stereocenters. The summed E-state index contributed by atoms with van der Waals surface area (Å²) in [6.07, 6.45) is 0. The molecular weight excluding hydrogens is 194 g/mol. The molecule has 0 heterocycles. The minimum absolute atomic E-state index is 0.221. The van der Waals surface area contributed by atoms with Gasteiger partial charge in [-0.1, -0.05) is 58.9 Å². The topological polar surface area (TPSA) is 26.0 Å². The fourth-order valence-electron chi connectivity index (χ4n) is 2.51. The number of hydrogen-bond donors (Lipinski definition) is 1. The van der Waals surface area contributed by atoms with Crippen LogP contribution in [0.25, 0.3) is 0 Å². The van der Waals surface area contributed by atoms with Crippen molar-refractivity contribution in [3.63, 3.8) is 0 Å². The SMILES string of the molecule is CC(C)(C)c1cccc([C@H]2[C@H](N)C2(C)C)c1. The van der Waals surface area contributed by atoms with Gasteiger partial charge in [0, 0.05) is 12.0 Å². The monoisotopic (exact) mass is 217 g/mol. The second kappa shape index (κ2) is 3.33. The van der Waals surface area contributed by atoms with Crippen LogP contribution in [0.2, 0.25) is 0 Å². The zero-order valence-electron chi connectivity index (χ0n) is 11.0. The fraction of sp³-hybridized carbons (Fsp3) is 0.600. The standard InChI is InChI=1S/C15H23N/c1-14(2,3)11-8-6-7-10(9-11)12-13(16)15(12,4)5/h6-9,12-13H,16H2,1-5H3/t12-,13-/m0/s1. The zero-order chi connectivity index (χ0) is 12.1. The molecule has 2 N–H and O–H groups in total. The molecule has 0 aromatic heterocycles. The third-order valence-corrected chi connectivity index (χ3v) is 4.02. The van der Waals surface area contributed by atoms with E-state index in [1.807, 2.05) is 0 Å². The lowest BCUT2D eigenvalue weighted by atomic mass is 9.85. The summed E-state index contributed by atoms with van der Waals surface area (Å²) in [4.78, 5) is 0. The van der Waals surface area contributed by atoms with E-state index >= 15 is 0 Å². The van der Waals surface area contributed by atoms with Gasteiger partial charge in [0.1, 0.15) is 0 Å². The van der Waals surface area contributed by atoms with E-state index in [0.29, 0.717) is 12.0 Å². The van der Waals surface area contributed by atoms with E-state index in [9.17, 15) is 0 Å². The lowest BCUT2D eigenvalue weighted by Gasteiger charge is -2.20. The fourth-order valence-corrected chi connectivity index (χ4v) is 2.51. The minimum atomic E-state index is 0.221. The molecule has 1 nitrogen and oxygen atoms in total. The highest BCUT2D eigenvalue weighted by Gasteiger charge is 2.56. The molecule has 1 aromatic rings. The first-order chi connectivity index (χ1) is 7.24. The molecule has 88 valence electrons. The molecule has 1 heteroatoms. The Hall–Kier alpha value is -0.820. The normalized spacial score (nSPS) is 27.9. The van der Waals surface area contributed by atoms with Crippen molar-refractivity contribution in [3.05, 3.63) is 35.4 Å². The van der Waals surface area contributed by atoms with E-state index in [1.54, 1.807) is 0 Å². The van der Waals surface area contributed by atoms with Crippen molar-refractivity contribution in [1.82, 2.24) is 0 Å². The summed E-state index contributed by atoms with van der Waals surface area (Å²) in [5.41, 5.74) is 9.44. The lowest BCUT2D eigenvalue weighted by Crippen LogP contribution is -2.11. The van der Waals surface area contributed by atoms with Gasteiger partial charge in [-0.15, -0.1) is 0 Å². The molecule has 0 amide bonds. The van der Waals surface area contributed by atoms with E-state index in [2.05, 4.69) is 58.9 Å². The molecular formula is C15H23N. The molecule has 0 radical (unpaired) electrons. The van der Waals surface area contributed by atoms with Crippen LogP contribution in [-0.4, -0.2) is 6.04 Å². The van der Waals surface area contributed by atoms with Crippen LogP contribution in [0.3, 0.4) is 0 Å². The highest BCUT2D eigenvalue weighted by molar-refractivity contribution is 5.38. The number of benzene rings is 1. The predicted octanol–water partition coefficient (Wildman–Crippen LogP) is 3.43. The number of rotatable bonds is 1. The smallest absolute Gasteiger partial charge is 0.0172 e. The van der Waals surface area contributed by atoms with E-state index in [-0.39, 0.29) is 10.8 Å². The zero-order valence-corrected chi connectivity index (χ0v) is 11.0. The molecule has 1 saturated carbocycles. The average molecular weight is 217 g/mol. The van der Waals surface area contributed by atoms with Gasteiger partial charge in [0.05, 0.1) is 0 Å². The molecule has 0 unspecified atom stereocenters. The van der Waals surface area contributed by atoms with E-state index < -0.39 is 0 Å². The molecule has 2 rings (SSSR count). The Bertz CT molecular complexity index is 398. The van der Waals surface area contributed by atoms with E-state index in [0.717, 1.165) is 0 Å². The van der Waals surface area contributed by atoms with E-state index in [4.69, 9.17) is 5.73 Å². The molecule has 0 spiro atoms. The van der Waals surface area contributed by atoms with Crippen LogP contribution in [0.5, 0.6) is 0 Å². The largest absolute Gasteiger partial charge is 0.327 e. The molecule has 0 saturated heterocycles. The Kier molecular flexibility index (Phi) is 2.43. The van der Waals surface area contributed by atoms with Crippen molar-refractivity contribution in [1.29, 1.82) is 0 Å². The van der Waals surface area contributed by atoms with Gasteiger partial charge >= 0.3 is 0 Å². The molecule has 16 heavy (non-hydrogen) atoms. The molecule has 0 bridgehead atoms. The predicted molar refractivity (Wildman–Crippen MR) is 69.6 cm³/mol. The van der Waals surface area contributed by atoms with E-state index in [1.165, 1.54) is 11.1 Å². The maximum absolute atomic E-state index is 6.14. The Morgan fingerprint density at radius 3 is 2.19 bits per heavy atom. The van der Waals surface area contributed by atoms with Crippen LogP contribution in [0, 0.1) is 5.41 Å². The molecule has 1 aromatic carbocycles. The quantitative estimate of drug-likeness (QED) is 0.766. The summed E-state index contributed by atoms with van der Waals surface area (Å²) in [5, 5.41) is 0. The summed E-state index contributed by atoms with van der Waals surface area (Å²) in [6.45, 7) is 11.3. The Morgan fingerprint density at radius 1 is 1.19 bits per heavy atom. The summed E-state index contributed by atoms with van der Waals surface area (Å²) in [5.74, 6) is 0.537. The van der Waals surface area contributed by atoms with Crippen molar-refractivity contribution in [2.75, 3.05) is 0 Å². The second-order valence-electron chi connectivity index (χ2n) is 6.70. The minimum Gasteiger partial charge on any atom is -0.327 e. The van der Waals surface area contributed by atoms with Crippen LogP contribution in [0.1, 0.15) is 51.7 Å². The van der Waals surface area contributed by atoms with Crippen LogP contribution < -0.4 is 5.73 Å². The second-order valence-corrected chi connectivity index (χ2v) is 6.70. The Morgan fingerprint density at radius 2 is 1.75 bits per heavy atom. The first kappa shape index (κ1) is 11.7. The third-order valence-electron chi connectivity index (χ3n) is 4.02. The van der Waals surface area contributed by atoms with Crippen molar-refractivity contribution >= 4 is 0 Å². The third kappa shape index (κ3) is 1.78. The van der Waals surface area contributed by atoms with Gasteiger partial charge in [-0.2, -0.15) is 0 Å². The van der Waals surface area contributed by atoms with Crippen molar-refractivity contribution < 1.29 is 0 Å². The summed E-state index contributed by atoms with van der Waals surface area (Å²) < 4.78 is 0. The van der Waals surface area contributed by atoms with Crippen molar-refractivity contribution in [2.45, 2.75) is 52.0 Å². The maximum Gasteiger partial charge on any atom is 0.0172 e. The lowest BCUT2D eigenvalue weighted by molar-refractivity contribution is 0.584. The first-order valence-corrected chi connectivity index (χ1v) is 6.10. The average Bonchev–Trinajstić information content (AvgIpc) is 2.65. The van der Waals surface area contributed by atoms with Gasteiger partial charge in [-0.05, 0) is 22.0 Å². The van der Waals surface area contributed by atoms with Crippen molar-refractivity contribution in [3.8, 4) is 0 Å². The molecule has 1 fully saturated rings. The highest BCUT2D eigenvalue weighted by Crippen LogP contribution is 2.57. The van der Waals surface area contributed by atoms with Crippen LogP contribution in [-0.2, 0) is 5.41 Å². The van der Waals surface area contributed by atoms with Gasteiger partial charge in [0.25, 0.3) is 0 Å². The van der Waals surface area contributed by atoms with Gasteiger partial charge in [0.2, 0.25) is 0 Å². The van der Waals surface area contributed by atoms with Gasteiger partial charge in [0.15, 0.2) is 0 Å². The molecule has 1 aliphatic carbocycles. The first-order valence-electron chi connectivity index (χ1n) is 6.10. The number of hydrogen-bond acceptors (Lipinski definition) is 1. The Balaban J connectivity index is 2.32. The van der Waals surface area contributed by atoms with Gasteiger partial charge < -0.3 is 5.73 Å². The molecule has 0 aliphatic heterocycles. The van der Waals surface area contributed by atoms with Crippen molar-refractivity contribution in [2.24, 2.45) is 11.1 Å². The summed E-state index contributed by atoms with van der Waals surface area (Å²) >= 11 is 0. The van der Waals surface area contributed by atoms with Gasteiger partial charge in [-0.3, -0.25) is 0 Å². The Labute approximate surface area is 99.0 Å². The summed E-state index contributed by atoms with van der Waals surface area (Å²) in [7, 11) is 0. The highest BCUT2D eigenvalue weighted by atomic mass is 14.8. The van der Waals surface area contributed by atoms with Crippen LogP contribution >= 0.6 is 0 Å². The molecule has 1 aliphatic rings. The van der Waals surface area contributed by atoms with Gasteiger partial charge in [-0.25, -0.2) is 0 Å². The number of nitrogens with two attached hydrogens (primary N) is 1. The maximum atomic E-state index is 6.14. The van der Waals surface area contributed by atoms with Crippen LogP contribution in [0.4, 0.5) is 0 Å². The van der Waals surface area contributed by atoms with Crippen LogP contribution in [0.15, 0.2) is 24.3 Å².